The molecule has 1 aromatic carbocycles. The average molecular weight is 291 g/mol. The molecule has 1 atom stereocenters. The molecule has 19 heavy (non-hydrogen) atoms. The van der Waals surface area contributed by atoms with Gasteiger partial charge >= 0.3 is 5.97 Å². The highest BCUT2D eigenvalue weighted by Crippen LogP contribution is 2.06. The lowest BCUT2D eigenvalue weighted by Crippen LogP contribution is -2.45. The summed E-state index contributed by atoms with van der Waals surface area (Å²) in [5.74, 6) is -1.38. The maximum Gasteiger partial charge on any atom is 0.328 e. The van der Waals surface area contributed by atoms with Crippen LogP contribution < -0.4 is 11.1 Å². The number of halogens is 2. The number of amides is 1. The number of esters is 1. The fourth-order valence-electron chi connectivity index (χ4n) is 1.44. The fraction of sp³-hybridized carbons (Fsp3) is 0.333. The zero-order chi connectivity index (χ0) is 13.5. The average Bonchev–Trinajstić information content (AvgIpc) is 2.39. The van der Waals surface area contributed by atoms with E-state index >= 15 is 0 Å². The highest BCUT2D eigenvalue weighted by atomic mass is 35.5. The van der Waals surface area contributed by atoms with Gasteiger partial charge in [0, 0.05) is 6.42 Å². The Morgan fingerprint density at radius 3 is 2.42 bits per heavy atom. The molecule has 106 valence electrons. The van der Waals surface area contributed by atoms with Crippen LogP contribution in [-0.4, -0.2) is 31.6 Å². The Bertz CT molecular complexity index is 425. The molecule has 3 N–H and O–H groups in total. The van der Waals surface area contributed by atoms with Crippen molar-refractivity contribution in [2.75, 3.05) is 13.7 Å². The molecule has 1 rings (SSSR count). The molecule has 0 radical (unpaired) electrons. The van der Waals surface area contributed by atoms with Crippen LogP contribution in [0.15, 0.2) is 24.3 Å². The van der Waals surface area contributed by atoms with E-state index in [1.54, 1.807) is 12.1 Å². The number of carbonyl (C=O) groups excluding carboxylic acids is 2. The van der Waals surface area contributed by atoms with Gasteiger partial charge in [0.05, 0.1) is 13.7 Å². The quantitative estimate of drug-likeness (QED) is 0.770. The molecule has 0 bridgehead atoms. The number of hydrogen-bond acceptors (Lipinski definition) is 4. The molecular formula is C12H16ClFN2O3. The lowest BCUT2D eigenvalue weighted by atomic mass is 10.1. The van der Waals surface area contributed by atoms with Crippen LogP contribution in [0.1, 0.15) is 5.56 Å². The van der Waals surface area contributed by atoms with Gasteiger partial charge in [0.25, 0.3) is 0 Å². The molecule has 0 aliphatic rings. The summed E-state index contributed by atoms with van der Waals surface area (Å²) < 4.78 is 17.3. The molecule has 1 unspecified atom stereocenters. The Morgan fingerprint density at radius 1 is 1.37 bits per heavy atom. The van der Waals surface area contributed by atoms with Crippen LogP contribution in [0.2, 0.25) is 0 Å². The van der Waals surface area contributed by atoms with Gasteiger partial charge in [-0.05, 0) is 17.7 Å². The zero-order valence-corrected chi connectivity index (χ0v) is 11.2. The summed E-state index contributed by atoms with van der Waals surface area (Å²) in [5, 5.41) is 2.45. The Kier molecular flexibility index (Phi) is 7.71. The fourth-order valence-corrected chi connectivity index (χ4v) is 1.44. The van der Waals surface area contributed by atoms with E-state index in [9.17, 15) is 14.0 Å². The summed E-state index contributed by atoms with van der Waals surface area (Å²) >= 11 is 0. The molecule has 0 aliphatic heterocycles. The second-order valence-corrected chi connectivity index (χ2v) is 3.68. The monoisotopic (exact) mass is 290 g/mol. The van der Waals surface area contributed by atoms with E-state index in [1.165, 1.54) is 19.2 Å². The first-order valence-corrected chi connectivity index (χ1v) is 5.38. The van der Waals surface area contributed by atoms with Crippen LogP contribution >= 0.6 is 12.4 Å². The lowest BCUT2D eigenvalue weighted by Gasteiger charge is -2.16. The maximum atomic E-state index is 12.7. The standard InChI is InChI=1S/C12H15FN2O3.ClH/c1-18-12(17)10(15-11(16)7-14)6-8-2-4-9(13)5-3-8;/h2-5,10H,6-7,14H2,1H3,(H,15,16);1H. The van der Waals surface area contributed by atoms with Gasteiger partial charge in [-0.1, -0.05) is 12.1 Å². The molecule has 0 saturated heterocycles. The summed E-state index contributed by atoms with van der Waals surface area (Å²) in [6, 6.07) is 4.83. The van der Waals surface area contributed by atoms with Crippen molar-refractivity contribution in [1.29, 1.82) is 0 Å². The van der Waals surface area contributed by atoms with Gasteiger partial charge in [0.1, 0.15) is 11.9 Å². The number of carbonyl (C=O) groups is 2. The molecule has 5 nitrogen and oxygen atoms in total. The second-order valence-electron chi connectivity index (χ2n) is 3.68. The first-order valence-electron chi connectivity index (χ1n) is 5.38. The summed E-state index contributed by atoms with van der Waals surface area (Å²) in [5.41, 5.74) is 5.87. The smallest absolute Gasteiger partial charge is 0.328 e. The molecule has 0 saturated carbocycles. The third-order valence-corrected chi connectivity index (χ3v) is 2.36. The first-order chi connectivity index (χ1) is 8.56. The molecule has 0 spiro atoms. The van der Waals surface area contributed by atoms with E-state index < -0.39 is 17.9 Å². The van der Waals surface area contributed by atoms with E-state index in [0.29, 0.717) is 5.56 Å². The predicted octanol–water partition coefficient (Wildman–Crippen LogP) is 0.406. The minimum Gasteiger partial charge on any atom is -0.467 e. The van der Waals surface area contributed by atoms with Crippen molar-refractivity contribution >= 4 is 24.3 Å². The molecule has 0 fully saturated rings. The van der Waals surface area contributed by atoms with Gasteiger partial charge < -0.3 is 15.8 Å². The van der Waals surface area contributed by atoms with Crippen LogP contribution in [0.3, 0.4) is 0 Å². The highest BCUT2D eigenvalue weighted by molar-refractivity contribution is 5.85. The Labute approximate surface area is 116 Å². The summed E-state index contributed by atoms with van der Waals surface area (Å²) in [6.07, 6.45) is 0.221. The largest absolute Gasteiger partial charge is 0.467 e. The van der Waals surface area contributed by atoms with Gasteiger partial charge in [-0.3, -0.25) is 4.79 Å². The SMILES string of the molecule is COC(=O)C(Cc1ccc(F)cc1)NC(=O)CN.Cl. The van der Waals surface area contributed by atoms with E-state index in [2.05, 4.69) is 10.1 Å². The molecule has 0 heterocycles. The highest BCUT2D eigenvalue weighted by Gasteiger charge is 2.21. The molecule has 1 amide bonds. The van der Waals surface area contributed by atoms with Crippen molar-refractivity contribution < 1.29 is 18.7 Å². The van der Waals surface area contributed by atoms with E-state index in [-0.39, 0.29) is 31.2 Å². The van der Waals surface area contributed by atoms with Gasteiger partial charge in [-0.15, -0.1) is 12.4 Å². The summed E-state index contributed by atoms with van der Waals surface area (Å²) in [4.78, 5) is 22.7. The number of ether oxygens (including phenoxy) is 1. The summed E-state index contributed by atoms with van der Waals surface area (Å²) in [6.45, 7) is -0.211. The topological polar surface area (TPSA) is 81.4 Å². The number of methoxy groups -OCH3 is 1. The zero-order valence-electron chi connectivity index (χ0n) is 10.4. The van der Waals surface area contributed by atoms with Crippen LogP contribution in [0.5, 0.6) is 0 Å². The summed E-state index contributed by atoms with van der Waals surface area (Å²) in [7, 11) is 1.23. The van der Waals surface area contributed by atoms with E-state index in [1.807, 2.05) is 0 Å². The second kappa shape index (κ2) is 8.44. The van der Waals surface area contributed by atoms with E-state index in [4.69, 9.17) is 5.73 Å². The van der Waals surface area contributed by atoms with Gasteiger partial charge in [-0.25, -0.2) is 9.18 Å². The maximum absolute atomic E-state index is 12.7. The van der Waals surface area contributed by atoms with Crippen molar-refractivity contribution in [2.24, 2.45) is 5.73 Å². The van der Waals surface area contributed by atoms with Crippen LogP contribution in [0.25, 0.3) is 0 Å². The van der Waals surface area contributed by atoms with Gasteiger partial charge in [-0.2, -0.15) is 0 Å². The van der Waals surface area contributed by atoms with Crippen LogP contribution in [0.4, 0.5) is 4.39 Å². The van der Waals surface area contributed by atoms with Crippen molar-refractivity contribution in [3.63, 3.8) is 0 Å². The number of nitrogens with two attached hydrogens (primary N) is 1. The minimum absolute atomic E-state index is 0. The lowest BCUT2D eigenvalue weighted by molar-refractivity contribution is -0.144. The van der Waals surface area contributed by atoms with Crippen molar-refractivity contribution in [3.05, 3.63) is 35.6 Å². The Hall–Kier alpha value is -1.66. The molecule has 0 aliphatic carbocycles. The van der Waals surface area contributed by atoms with Crippen molar-refractivity contribution in [1.82, 2.24) is 5.32 Å². The third kappa shape index (κ3) is 5.67. The van der Waals surface area contributed by atoms with Crippen molar-refractivity contribution in [3.8, 4) is 0 Å². The number of hydrogen-bond donors (Lipinski definition) is 2. The van der Waals surface area contributed by atoms with Crippen molar-refractivity contribution in [2.45, 2.75) is 12.5 Å². The molecule has 1 aromatic rings. The Morgan fingerprint density at radius 2 is 1.95 bits per heavy atom. The molecule has 0 aromatic heterocycles. The Balaban J connectivity index is 0.00000324. The number of rotatable bonds is 5. The molecular weight excluding hydrogens is 275 g/mol. The van der Waals surface area contributed by atoms with Crippen LogP contribution in [0, 0.1) is 5.82 Å². The third-order valence-electron chi connectivity index (χ3n) is 2.36. The van der Waals surface area contributed by atoms with Gasteiger partial charge in [0.2, 0.25) is 5.91 Å². The van der Waals surface area contributed by atoms with Gasteiger partial charge in [0.15, 0.2) is 0 Å². The number of benzene rings is 1. The predicted molar refractivity (Wildman–Crippen MR) is 70.4 cm³/mol. The van der Waals surface area contributed by atoms with E-state index in [0.717, 1.165) is 0 Å². The first kappa shape index (κ1) is 17.3. The minimum atomic E-state index is -0.823. The molecule has 7 heteroatoms. The van der Waals surface area contributed by atoms with Crippen LogP contribution in [-0.2, 0) is 20.7 Å². The number of nitrogens with one attached hydrogen (secondary N) is 1. The normalized spacial score (nSPS) is 11.1.